The van der Waals surface area contributed by atoms with Crippen LogP contribution in [0.1, 0.15) is 52.9 Å². The molecule has 5 nitrogen and oxygen atoms in total. The van der Waals surface area contributed by atoms with Crippen molar-refractivity contribution < 1.29 is 0 Å². The van der Waals surface area contributed by atoms with Gasteiger partial charge in [0.25, 0.3) is 0 Å². The SMILES string of the molecule is CC(C)CCCC(C)NC(N)=NCCCCNc1ccccn1. The zero-order valence-corrected chi connectivity index (χ0v) is 14.9. The number of anilines is 1. The number of nitrogens with zero attached hydrogens (tertiary/aromatic N) is 2. The second-order valence-corrected chi connectivity index (χ2v) is 6.49. The van der Waals surface area contributed by atoms with Crippen molar-refractivity contribution in [2.75, 3.05) is 18.4 Å². The van der Waals surface area contributed by atoms with E-state index >= 15 is 0 Å². The zero-order valence-electron chi connectivity index (χ0n) is 14.9. The molecule has 1 heterocycles. The first-order valence-corrected chi connectivity index (χ1v) is 8.79. The summed E-state index contributed by atoms with van der Waals surface area (Å²) in [5.74, 6) is 2.26. The van der Waals surface area contributed by atoms with E-state index in [0.717, 1.165) is 44.1 Å². The number of unbranched alkanes of at least 4 members (excludes halogenated alkanes) is 1. The molecule has 1 aromatic rings. The maximum absolute atomic E-state index is 5.93. The average molecular weight is 319 g/mol. The van der Waals surface area contributed by atoms with Crippen molar-refractivity contribution in [2.45, 2.75) is 58.9 Å². The number of guanidine groups is 1. The Labute approximate surface area is 141 Å². The summed E-state index contributed by atoms with van der Waals surface area (Å²) < 4.78 is 0. The Morgan fingerprint density at radius 1 is 1.17 bits per heavy atom. The van der Waals surface area contributed by atoms with Gasteiger partial charge < -0.3 is 16.4 Å². The van der Waals surface area contributed by atoms with E-state index in [4.69, 9.17) is 5.73 Å². The van der Waals surface area contributed by atoms with E-state index in [9.17, 15) is 0 Å². The number of nitrogens with two attached hydrogens (primary N) is 1. The lowest BCUT2D eigenvalue weighted by Crippen LogP contribution is -2.38. The lowest BCUT2D eigenvalue weighted by molar-refractivity contribution is 0.493. The fraction of sp³-hybridized carbons (Fsp3) is 0.667. The Balaban J connectivity index is 2.05. The average Bonchev–Trinajstić information content (AvgIpc) is 2.51. The molecule has 1 rings (SSSR count). The highest BCUT2D eigenvalue weighted by molar-refractivity contribution is 5.78. The van der Waals surface area contributed by atoms with Crippen molar-refractivity contribution in [2.24, 2.45) is 16.6 Å². The van der Waals surface area contributed by atoms with Crippen molar-refractivity contribution in [3.8, 4) is 0 Å². The van der Waals surface area contributed by atoms with Crippen LogP contribution in [0.3, 0.4) is 0 Å². The van der Waals surface area contributed by atoms with Crippen LogP contribution in [-0.2, 0) is 0 Å². The second kappa shape index (κ2) is 11.7. The Hall–Kier alpha value is -1.78. The molecule has 0 aliphatic rings. The van der Waals surface area contributed by atoms with Crippen LogP contribution in [0.5, 0.6) is 0 Å². The molecule has 0 aliphatic heterocycles. The molecule has 5 heteroatoms. The molecule has 1 aromatic heterocycles. The zero-order chi connectivity index (χ0) is 16.9. The number of aromatic nitrogens is 1. The maximum atomic E-state index is 5.93. The smallest absolute Gasteiger partial charge is 0.188 e. The molecule has 0 saturated carbocycles. The molecule has 130 valence electrons. The van der Waals surface area contributed by atoms with E-state index in [1.54, 1.807) is 6.20 Å². The molecule has 0 fully saturated rings. The van der Waals surface area contributed by atoms with Crippen LogP contribution in [0, 0.1) is 5.92 Å². The molecule has 0 bridgehead atoms. The van der Waals surface area contributed by atoms with Crippen LogP contribution >= 0.6 is 0 Å². The number of pyridine rings is 1. The molecule has 0 spiro atoms. The monoisotopic (exact) mass is 319 g/mol. The number of rotatable bonds is 11. The van der Waals surface area contributed by atoms with Gasteiger partial charge in [-0.05, 0) is 44.2 Å². The number of nitrogens with one attached hydrogen (secondary N) is 2. The normalized spacial score (nSPS) is 13.1. The molecule has 1 unspecified atom stereocenters. The van der Waals surface area contributed by atoms with Gasteiger partial charge in [0.1, 0.15) is 5.82 Å². The van der Waals surface area contributed by atoms with Gasteiger partial charge >= 0.3 is 0 Å². The summed E-state index contributed by atoms with van der Waals surface area (Å²) in [5.41, 5.74) is 5.93. The first-order chi connectivity index (χ1) is 11.1. The lowest BCUT2D eigenvalue weighted by Gasteiger charge is -2.15. The van der Waals surface area contributed by atoms with Gasteiger partial charge in [-0.3, -0.25) is 4.99 Å². The van der Waals surface area contributed by atoms with Gasteiger partial charge in [0.2, 0.25) is 0 Å². The number of hydrogen-bond donors (Lipinski definition) is 3. The van der Waals surface area contributed by atoms with Crippen LogP contribution in [0.25, 0.3) is 0 Å². The van der Waals surface area contributed by atoms with Crippen molar-refractivity contribution in [3.05, 3.63) is 24.4 Å². The van der Waals surface area contributed by atoms with Crippen LogP contribution in [0.4, 0.5) is 5.82 Å². The highest BCUT2D eigenvalue weighted by atomic mass is 15.1. The molecule has 0 radical (unpaired) electrons. The second-order valence-electron chi connectivity index (χ2n) is 6.49. The minimum atomic E-state index is 0.392. The van der Waals surface area contributed by atoms with Gasteiger partial charge in [0.15, 0.2) is 5.96 Å². The van der Waals surface area contributed by atoms with Gasteiger partial charge in [0, 0.05) is 25.3 Å². The summed E-state index contributed by atoms with van der Waals surface area (Å²) in [7, 11) is 0. The molecule has 0 saturated heterocycles. The van der Waals surface area contributed by atoms with Crippen LogP contribution in [-0.4, -0.2) is 30.1 Å². The van der Waals surface area contributed by atoms with E-state index in [-0.39, 0.29) is 0 Å². The standard InChI is InChI=1S/C18H33N5/c1-15(2)9-8-10-16(3)23-18(19)22-14-7-6-13-21-17-11-4-5-12-20-17/h4-5,11-12,15-16H,6-10,13-14H2,1-3H3,(H,20,21)(H3,19,22,23). The molecule has 23 heavy (non-hydrogen) atoms. The van der Waals surface area contributed by atoms with Crippen molar-refractivity contribution in [1.82, 2.24) is 10.3 Å². The Bertz CT molecular complexity index is 430. The third kappa shape index (κ3) is 10.6. The lowest BCUT2D eigenvalue weighted by atomic mass is 10.0. The van der Waals surface area contributed by atoms with Crippen molar-refractivity contribution in [3.63, 3.8) is 0 Å². The third-order valence-electron chi connectivity index (χ3n) is 3.65. The fourth-order valence-corrected chi connectivity index (χ4v) is 2.32. The Morgan fingerprint density at radius 2 is 2.00 bits per heavy atom. The van der Waals surface area contributed by atoms with Gasteiger partial charge in [-0.2, -0.15) is 0 Å². The maximum Gasteiger partial charge on any atom is 0.188 e. The summed E-state index contributed by atoms with van der Waals surface area (Å²) in [6.45, 7) is 8.36. The molecule has 0 aromatic carbocycles. The van der Waals surface area contributed by atoms with Crippen LogP contribution < -0.4 is 16.4 Å². The van der Waals surface area contributed by atoms with Crippen molar-refractivity contribution >= 4 is 11.8 Å². The Kier molecular flexibility index (Phi) is 9.84. The third-order valence-corrected chi connectivity index (χ3v) is 3.65. The van der Waals surface area contributed by atoms with E-state index in [1.807, 2.05) is 18.2 Å². The van der Waals surface area contributed by atoms with E-state index < -0.39 is 0 Å². The highest BCUT2D eigenvalue weighted by Gasteiger charge is 2.03. The summed E-state index contributed by atoms with van der Waals surface area (Å²) >= 11 is 0. The van der Waals surface area contributed by atoms with Gasteiger partial charge in [-0.25, -0.2) is 4.98 Å². The predicted molar refractivity (Wildman–Crippen MR) is 99.7 cm³/mol. The van der Waals surface area contributed by atoms with Gasteiger partial charge in [-0.15, -0.1) is 0 Å². The van der Waals surface area contributed by atoms with Crippen LogP contribution in [0.2, 0.25) is 0 Å². The molecule has 0 amide bonds. The quantitative estimate of drug-likeness (QED) is 0.332. The minimum absolute atomic E-state index is 0.392. The minimum Gasteiger partial charge on any atom is -0.370 e. The topological polar surface area (TPSA) is 75.3 Å². The Morgan fingerprint density at radius 3 is 2.70 bits per heavy atom. The van der Waals surface area contributed by atoms with E-state index in [0.29, 0.717) is 12.0 Å². The summed E-state index contributed by atoms with van der Waals surface area (Å²) in [4.78, 5) is 8.62. The molecular formula is C18H33N5. The summed E-state index contributed by atoms with van der Waals surface area (Å²) in [6.07, 6.45) is 7.51. The molecular weight excluding hydrogens is 286 g/mol. The van der Waals surface area contributed by atoms with Gasteiger partial charge in [-0.1, -0.05) is 32.8 Å². The number of aliphatic imine (C=N–C) groups is 1. The van der Waals surface area contributed by atoms with E-state index in [1.165, 1.54) is 12.8 Å². The highest BCUT2D eigenvalue weighted by Crippen LogP contribution is 2.08. The largest absolute Gasteiger partial charge is 0.370 e. The molecule has 4 N–H and O–H groups in total. The molecule has 0 aliphatic carbocycles. The fourth-order valence-electron chi connectivity index (χ4n) is 2.32. The predicted octanol–water partition coefficient (Wildman–Crippen LogP) is 3.39. The summed E-state index contributed by atoms with van der Waals surface area (Å²) in [5, 5.41) is 6.56. The number of hydrogen-bond acceptors (Lipinski definition) is 3. The van der Waals surface area contributed by atoms with Crippen LogP contribution in [0.15, 0.2) is 29.4 Å². The van der Waals surface area contributed by atoms with Gasteiger partial charge in [0.05, 0.1) is 0 Å². The van der Waals surface area contributed by atoms with E-state index in [2.05, 4.69) is 41.4 Å². The van der Waals surface area contributed by atoms with Crippen molar-refractivity contribution in [1.29, 1.82) is 0 Å². The molecule has 1 atom stereocenters. The first-order valence-electron chi connectivity index (χ1n) is 8.79. The summed E-state index contributed by atoms with van der Waals surface area (Å²) in [6, 6.07) is 6.26. The first kappa shape index (κ1) is 19.3.